The highest BCUT2D eigenvalue weighted by Crippen LogP contribution is 2.36. The molecule has 0 bridgehead atoms. The van der Waals surface area contributed by atoms with Crippen LogP contribution in [0.1, 0.15) is 5.56 Å². The molecule has 2 aromatic rings. The first-order valence-corrected chi connectivity index (χ1v) is 11.5. The average Bonchev–Trinajstić information content (AvgIpc) is 3.05. The summed E-state index contributed by atoms with van der Waals surface area (Å²) in [6.07, 6.45) is 1.46. The number of hydrogen-bond acceptors (Lipinski definition) is 10. The summed E-state index contributed by atoms with van der Waals surface area (Å²) in [6, 6.07) is 8.94. The van der Waals surface area contributed by atoms with E-state index in [4.69, 9.17) is 13.7 Å². The third-order valence-corrected chi connectivity index (χ3v) is 6.60. The van der Waals surface area contributed by atoms with Gasteiger partial charge in [0.15, 0.2) is 16.4 Å². The molecule has 0 saturated carbocycles. The SMILES string of the molecule is COCCN1C(=O)S/C(=C\c2ccc(OS(=O)(=O)c3ccccc3[N+](=O)[O-])c(OC)c2)C1=O. The standard InChI is InChI=1S/C20H18N2O9S2/c1-29-10-9-21-19(23)17(32-20(21)24)12-13-7-8-15(16(11-13)30-2)31-33(27,28)18-6-4-3-5-14(18)22(25)26/h3-8,11-12H,9-10H2,1-2H3/b17-12-. The van der Waals surface area contributed by atoms with Crippen molar-refractivity contribution in [2.75, 3.05) is 27.4 Å². The molecule has 1 saturated heterocycles. The Hall–Kier alpha value is -3.42. The fraction of sp³-hybridized carbons (Fsp3) is 0.200. The molecule has 11 nitrogen and oxygen atoms in total. The van der Waals surface area contributed by atoms with Crippen LogP contribution in [-0.4, -0.2) is 56.8 Å². The van der Waals surface area contributed by atoms with Gasteiger partial charge in [-0.3, -0.25) is 24.6 Å². The minimum Gasteiger partial charge on any atom is -0.493 e. The van der Waals surface area contributed by atoms with Crippen LogP contribution in [0.3, 0.4) is 0 Å². The molecule has 1 aliphatic rings. The van der Waals surface area contributed by atoms with E-state index in [0.29, 0.717) is 5.56 Å². The lowest BCUT2D eigenvalue weighted by atomic mass is 10.2. The molecule has 1 heterocycles. The predicted octanol–water partition coefficient (Wildman–Crippen LogP) is 3.05. The third kappa shape index (κ3) is 5.32. The molecule has 0 atom stereocenters. The summed E-state index contributed by atoms with van der Waals surface area (Å²) in [5.41, 5.74) is -0.184. The van der Waals surface area contributed by atoms with Crippen molar-refractivity contribution in [2.45, 2.75) is 4.90 Å². The normalized spacial score (nSPS) is 15.2. The number of benzene rings is 2. The van der Waals surface area contributed by atoms with Crippen molar-refractivity contribution in [2.24, 2.45) is 0 Å². The van der Waals surface area contributed by atoms with Gasteiger partial charge < -0.3 is 13.7 Å². The summed E-state index contributed by atoms with van der Waals surface area (Å²) >= 11 is 0.767. The van der Waals surface area contributed by atoms with E-state index in [0.717, 1.165) is 28.8 Å². The Bertz CT molecular complexity index is 1240. The number of para-hydroxylation sites is 1. The number of carbonyl (C=O) groups excluding carboxylic acids is 2. The van der Waals surface area contributed by atoms with Crippen LogP contribution in [0.4, 0.5) is 10.5 Å². The van der Waals surface area contributed by atoms with Gasteiger partial charge in [-0.15, -0.1) is 0 Å². The Kier molecular flexibility index (Phi) is 7.36. The third-order valence-electron chi connectivity index (χ3n) is 4.41. The van der Waals surface area contributed by atoms with Crippen molar-refractivity contribution in [3.63, 3.8) is 0 Å². The Labute approximate surface area is 193 Å². The number of imide groups is 1. The highest BCUT2D eigenvalue weighted by molar-refractivity contribution is 8.18. The summed E-state index contributed by atoms with van der Waals surface area (Å²) in [4.78, 5) is 35.5. The van der Waals surface area contributed by atoms with Crippen LogP contribution in [0.15, 0.2) is 52.3 Å². The lowest BCUT2D eigenvalue weighted by Crippen LogP contribution is -2.31. The van der Waals surface area contributed by atoms with Crippen molar-refractivity contribution in [1.82, 2.24) is 4.90 Å². The number of ether oxygens (including phenoxy) is 2. The van der Waals surface area contributed by atoms with Crippen LogP contribution >= 0.6 is 11.8 Å². The van der Waals surface area contributed by atoms with Crippen molar-refractivity contribution in [1.29, 1.82) is 0 Å². The van der Waals surface area contributed by atoms with Gasteiger partial charge in [-0.25, -0.2) is 0 Å². The molecule has 2 amide bonds. The fourth-order valence-corrected chi connectivity index (χ4v) is 4.82. The minimum absolute atomic E-state index is 0.00419. The van der Waals surface area contributed by atoms with E-state index in [1.54, 1.807) is 0 Å². The molecule has 0 aromatic heterocycles. The number of rotatable bonds is 9. The summed E-state index contributed by atoms with van der Waals surface area (Å²) in [5.74, 6) is -0.675. The molecule has 0 unspecified atom stereocenters. The van der Waals surface area contributed by atoms with Gasteiger partial charge >= 0.3 is 10.1 Å². The molecule has 0 spiro atoms. The van der Waals surface area contributed by atoms with Gasteiger partial charge in [0.25, 0.3) is 16.8 Å². The molecular formula is C20H18N2O9S2. The van der Waals surface area contributed by atoms with Crippen molar-refractivity contribution in [3.05, 3.63) is 63.0 Å². The fourth-order valence-electron chi connectivity index (χ4n) is 2.85. The molecule has 1 aliphatic heterocycles. The van der Waals surface area contributed by atoms with E-state index in [1.165, 1.54) is 50.6 Å². The molecule has 0 N–H and O–H groups in total. The molecule has 174 valence electrons. The molecule has 3 rings (SSSR count). The van der Waals surface area contributed by atoms with E-state index in [-0.39, 0.29) is 29.6 Å². The van der Waals surface area contributed by atoms with Crippen LogP contribution in [0.5, 0.6) is 11.5 Å². The highest BCUT2D eigenvalue weighted by atomic mass is 32.2. The molecule has 0 aliphatic carbocycles. The van der Waals surface area contributed by atoms with Gasteiger partial charge in [-0.05, 0) is 41.6 Å². The maximum absolute atomic E-state index is 12.7. The Morgan fingerprint density at radius 2 is 1.85 bits per heavy atom. The zero-order chi connectivity index (χ0) is 24.2. The average molecular weight is 495 g/mol. The lowest BCUT2D eigenvalue weighted by Gasteiger charge is -2.12. The second kappa shape index (κ2) is 10.0. The number of amides is 2. The van der Waals surface area contributed by atoms with Gasteiger partial charge in [-0.2, -0.15) is 8.42 Å². The van der Waals surface area contributed by atoms with Gasteiger partial charge in [0.1, 0.15) is 0 Å². The van der Waals surface area contributed by atoms with Crippen LogP contribution in [0, 0.1) is 10.1 Å². The molecule has 0 radical (unpaired) electrons. The smallest absolute Gasteiger partial charge is 0.346 e. The lowest BCUT2D eigenvalue weighted by molar-refractivity contribution is -0.387. The van der Waals surface area contributed by atoms with Crippen molar-refractivity contribution >= 4 is 44.8 Å². The van der Waals surface area contributed by atoms with Gasteiger partial charge in [0, 0.05) is 13.2 Å². The second-order valence-corrected chi connectivity index (χ2v) is 9.01. The Balaban J connectivity index is 1.88. The van der Waals surface area contributed by atoms with Crippen LogP contribution in [0.25, 0.3) is 6.08 Å². The predicted molar refractivity (Wildman–Crippen MR) is 118 cm³/mol. The first kappa shape index (κ1) is 24.2. The quantitative estimate of drug-likeness (QED) is 0.221. The zero-order valence-corrected chi connectivity index (χ0v) is 19.1. The van der Waals surface area contributed by atoms with E-state index < -0.39 is 36.8 Å². The van der Waals surface area contributed by atoms with E-state index in [9.17, 15) is 28.1 Å². The number of hydrogen-bond donors (Lipinski definition) is 0. The van der Waals surface area contributed by atoms with Crippen LogP contribution in [-0.2, 0) is 19.6 Å². The van der Waals surface area contributed by atoms with E-state index in [2.05, 4.69) is 0 Å². The van der Waals surface area contributed by atoms with Crippen LogP contribution in [0.2, 0.25) is 0 Å². The second-order valence-electron chi connectivity index (χ2n) is 6.50. The number of nitro groups is 1. The molecule has 2 aromatic carbocycles. The van der Waals surface area contributed by atoms with Crippen LogP contribution < -0.4 is 8.92 Å². The number of nitro benzene ring substituents is 1. The first-order chi connectivity index (χ1) is 15.7. The van der Waals surface area contributed by atoms with Gasteiger partial charge in [0.2, 0.25) is 0 Å². The molecule has 1 fully saturated rings. The van der Waals surface area contributed by atoms with Gasteiger partial charge in [-0.1, -0.05) is 18.2 Å². The Morgan fingerprint density at radius 1 is 1.12 bits per heavy atom. The molecule has 33 heavy (non-hydrogen) atoms. The summed E-state index contributed by atoms with van der Waals surface area (Å²) in [7, 11) is -1.81. The largest absolute Gasteiger partial charge is 0.493 e. The number of methoxy groups -OCH3 is 2. The zero-order valence-electron chi connectivity index (χ0n) is 17.4. The molecule has 13 heteroatoms. The number of thioether (sulfide) groups is 1. The number of carbonyl (C=O) groups is 2. The van der Waals surface area contributed by atoms with E-state index >= 15 is 0 Å². The summed E-state index contributed by atoms with van der Waals surface area (Å²) < 4.78 is 40.5. The Morgan fingerprint density at radius 3 is 2.52 bits per heavy atom. The maximum atomic E-state index is 12.7. The minimum atomic E-state index is -4.55. The molecular weight excluding hydrogens is 476 g/mol. The summed E-state index contributed by atoms with van der Waals surface area (Å²) in [5, 5.41) is 10.7. The van der Waals surface area contributed by atoms with E-state index in [1.807, 2.05) is 0 Å². The topological polar surface area (TPSA) is 142 Å². The van der Waals surface area contributed by atoms with Gasteiger partial charge in [0.05, 0.1) is 30.1 Å². The van der Waals surface area contributed by atoms with Crippen molar-refractivity contribution < 1.29 is 36.6 Å². The number of nitrogens with zero attached hydrogens (tertiary/aromatic N) is 2. The van der Waals surface area contributed by atoms with Crippen molar-refractivity contribution in [3.8, 4) is 11.5 Å². The first-order valence-electron chi connectivity index (χ1n) is 9.28. The highest BCUT2D eigenvalue weighted by Gasteiger charge is 2.34. The monoisotopic (exact) mass is 494 g/mol. The maximum Gasteiger partial charge on any atom is 0.346 e. The summed E-state index contributed by atoms with van der Waals surface area (Å²) in [6.45, 7) is 0.331.